The maximum atomic E-state index is 13.1. The van der Waals surface area contributed by atoms with Gasteiger partial charge in [-0.2, -0.15) is 28.0 Å². The molecule has 8 nitrogen and oxygen atoms in total. The Kier molecular flexibility index (Phi) is 6.68. The summed E-state index contributed by atoms with van der Waals surface area (Å²) in [5.41, 5.74) is -3.28. The van der Waals surface area contributed by atoms with E-state index in [1.807, 2.05) is 6.07 Å². The van der Waals surface area contributed by atoms with Crippen LogP contribution in [0.5, 0.6) is 5.75 Å². The molecule has 1 fully saturated rings. The highest BCUT2D eigenvalue weighted by atomic mass is 32.2. The molecule has 2 aromatic carbocycles. The minimum absolute atomic E-state index is 0.0947. The molecule has 1 heterocycles. The lowest BCUT2D eigenvalue weighted by molar-refractivity contribution is -0.137. The number of aliphatic hydroxyl groups is 2. The van der Waals surface area contributed by atoms with E-state index in [2.05, 4.69) is 0 Å². The number of rotatable bonds is 6. The van der Waals surface area contributed by atoms with Gasteiger partial charge in [-0.05, 0) is 35.9 Å². The molecule has 1 aliphatic rings. The molecule has 1 aliphatic heterocycles. The van der Waals surface area contributed by atoms with Gasteiger partial charge in [-0.15, -0.1) is 0 Å². The molecule has 0 saturated carbocycles. The van der Waals surface area contributed by atoms with Crippen LogP contribution in [0, 0.1) is 22.7 Å². The molecule has 0 unspecified atom stereocenters. The van der Waals surface area contributed by atoms with E-state index in [4.69, 9.17) is 10.00 Å². The molecule has 33 heavy (non-hydrogen) atoms. The second-order valence-corrected chi connectivity index (χ2v) is 9.37. The summed E-state index contributed by atoms with van der Waals surface area (Å²) in [4.78, 5) is -0.657. The van der Waals surface area contributed by atoms with Crippen LogP contribution >= 0.6 is 0 Å². The predicted octanol–water partition coefficient (Wildman–Crippen LogP) is 1.82. The number of nitrogens with zero attached hydrogens (tertiary/aromatic N) is 3. The van der Waals surface area contributed by atoms with Gasteiger partial charge in [-0.1, -0.05) is 12.1 Å². The summed E-state index contributed by atoms with van der Waals surface area (Å²) < 4.78 is 71.6. The third-order valence-corrected chi connectivity index (χ3v) is 7.07. The third kappa shape index (κ3) is 4.94. The molecule has 0 radical (unpaired) electrons. The van der Waals surface area contributed by atoms with E-state index >= 15 is 0 Å². The first kappa shape index (κ1) is 24.5. The van der Waals surface area contributed by atoms with Crippen LogP contribution in [0.1, 0.15) is 16.7 Å². The van der Waals surface area contributed by atoms with E-state index in [-0.39, 0.29) is 12.2 Å². The highest BCUT2D eigenvalue weighted by Crippen LogP contribution is 2.35. The van der Waals surface area contributed by atoms with Gasteiger partial charge in [0.2, 0.25) is 10.0 Å². The van der Waals surface area contributed by atoms with E-state index in [0.717, 1.165) is 4.31 Å². The number of nitriles is 2. The average Bonchev–Trinajstić information content (AvgIpc) is 3.10. The normalized spacial score (nSPS) is 21.4. The monoisotopic (exact) mass is 481 g/mol. The van der Waals surface area contributed by atoms with Crippen molar-refractivity contribution < 1.29 is 36.5 Å². The van der Waals surface area contributed by atoms with Crippen LogP contribution in [-0.2, 0) is 22.6 Å². The predicted molar refractivity (Wildman–Crippen MR) is 107 cm³/mol. The summed E-state index contributed by atoms with van der Waals surface area (Å²) in [7, 11) is -4.52. The first-order chi connectivity index (χ1) is 15.4. The fraction of sp³-hybridized carbons (Fsp3) is 0.333. The van der Waals surface area contributed by atoms with Crippen LogP contribution < -0.4 is 4.74 Å². The largest absolute Gasteiger partial charge is 0.486 e. The van der Waals surface area contributed by atoms with Gasteiger partial charge in [0.15, 0.2) is 0 Å². The van der Waals surface area contributed by atoms with Crippen LogP contribution in [0.3, 0.4) is 0 Å². The number of β-amino-alcohol motifs (C(OH)–C–C–N with tert-alkyl or cyclic N) is 1. The first-order valence-electron chi connectivity index (χ1n) is 9.52. The Morgan fingerprint density at radius 2 is 1.94 bits per heavy atom. The molecule has 0 aromatic heterocycles. The highest BCUT2D eigenvalue weighted by Gasteiger charge is 2.51. The Bertz CT molecular complexity index is 1240. The number of benzene rings is 2. The van der Waals surface area contributed by atoms with Crippen molar-refractivity contribution in [2.75, 3.05) is 19.7 Å². The van der Waals surface area contributed by atoms with Gasteiger partial charge < -0.3 is 14.9 Å². The van der Waals surface area contributed by atoms with Crippen molar-refractivity contribution in [3.05, 3.63) is 59.2 Å². The second-order valence-electron chi connectivity index (χ2n) is 7.47. The maximum Gasteiger partial charge on any atom is 0.416 e. The summed E-state index contributed by atoms with van der Waals surface area (Å²) in [6.07, 6.45) is -5.90. The minimum atomic E-state index is -4.77. The van der Waals surface area contributed by atoms with Crippen LogP contribution in [0.15, 0.2) is 47.4 Å². The second kappa shape index (κ2) is 9.00. The Labute approximate surface area is 187 Å². The standard InChI is InChI=1S/C21H18F3N3O5S/c22-21(23,24)16-4-5-18(15(9-16)10-26)33(30,31)27-11-19(20(29,12-27)13-28)32-17-3-1-2-14(8-17)6-7-25/h1-5,8-9,19,28-29H,6,11-13H2/t19-,20+/m0/s1. The molecule has 1 saturated heterocycles. The van der Waals surface area contributed by atoms with Crippen LogP contribution in [0.25, 0.3) is 0 Å². The molecule has 0 bridgehead atoms. The Morgan fingerprint density at radius 1 is 1.21 bits per heavy atom. The molecule has 2 atom stereocenters. The molecule has 0 spiro atoms. The van der Waals surface area contributed by atoms with Crippen molar-refractivity contribution in [1.82, 2.24) is 4.31 Å². The Hall–Kier alpha value is -3.16. The zero-order chi connectivity index (χ0) is 24.4. The zero-order valence-electron chi connectivity index (χ0n) is 17.0. The number of hydrogen-bond acceptors (Lipinski definition) is 7. The number of aliphatic hydroxyl groups excluding tert-OH is 1. The SMILES string of the molecule is N#CCc1cccc(O[C@H]2CN(S(=O)(=O)c3ccc(C(F)(F)F)cc3C#N)C[C@@]2(O)CO)c1. The third-order valence-electron chi connectivity index (χ3n) is 5.20. The van der Waals surface area contributed by atoms with Gasteiger partial charge in [-0.3, -0.25) is 0 Å². The quantitative estimate of drug-likeness (QED) is 0.643. The van der Waals surface area contributed by atoms with Crippen molar-refractivity contribution in [2.45, 2.75) is 29.2 Å². The topological polar surface area (TPSA) is 135 Å². The lowest BCUT2D eigenvalue weighted by atomic mass is 10.0. The van der Waals surface area contributed by atoms with Crippen molar-refractivity contribution in [1.29, 1.82) is 10.5 Å². The number of hydrogen-bond donors (Lipinski definition) is 2. The van der Waals surface area contributed by atoms with Gasteiger partial charge >= 0.3 is 6.18 Å². The zero-order valence-corrected chi connectivity index (χ0v) is 17.8. The van der Waals surface area contributed by atoms with Gasteiger partial charge in [-0.25, -0.2) is 8.42 Å². The summed E-state index contributed by atoms with van der Waals surface area (Å²) >= 11 is 0. The lowest BCUT2D eigenvalue weighted by Crippen LogP contribution is -2.48. The summed E-state index contributed by atoms with van der Waals surface area (Å²) in [5, 5.41) is 38.6. The molecule has 0 amide bonds. The van der Waals surface area contributed by atoms with Crippen molar-refractivity contribution >= 4 is 10.0 Å². The van der Waals surface area contributed by atoms with E-state index in [9.17, 15) is 37.1 Å². The number of sulfonamides is 1. The van der Waals surface area contributed by atoms with Crippen molar-refractivity contribution in [3.8, 4) is 17.9 Å². The first-order valence-corrected chi connectivity index (χ1v) is 11.0. The van der Waals surface area contributed by atoms with Gasteiger partial charge in [0.1, 0.15) is 23.5 Å². The number of alkyl halides is 3. The summed E-state index contributed by atoms with van der Waals surface area (Å²) in [6, 6.07) is 11.5. The molecule has 174 valence electrons. The van der Waals surface area contributed by atoms with Gasteiger partial charge in [0, 0.05) is 6.54 Å². The fourth-order valence-corrected chi connectivity index (χ4v) is 5.08. The number of halogens is 3. The lowest BCUT2D eigenvalue weighted by Gasteiger charge is -2.27. The van der Waals surface area contributed by atoms with E-state index in [0.29, 0.717) is 23.8 Å². The molecule has 2 N–H and O–H groups in total. The molecule has 12 heteroatoms. The van der Waals surface area contributed by atoms with Gasteiger partial charge in [0.25, 0.3) is 0 Å². The number of ether oxygens (including phenoxy) is 1. The van der Waals surface area contributed by atoms with Crippen molar-refractivity contribution in [3.63, 3.8) is 0 Å². The van der Waals surface area contributed by atoms with Crippen LogP contribution in [0.2, 0.25) is 0 Å². The summed E-state index contributed by atoms with van der Waals surface area (Å²) in [6.45, 7) is -1.91. The molecule has 0 aliphatic carbocycles. The Morgan fingerprint density at radius 3 is 2.55 bits per heavy atom. The highest BCUT2D eigenvalue weighted by molar-refractivity contribution is 7.89. The average molecular weight is 481 g/mol. The fourth-order valence-electron chi connectivity index (χ4n) is 3.45. The van der Waals surface area contributed by atoms with Crippen LogP contribution in [-0.4, -0.2) is 54.3 Å². The van der Waals surface area contributed by atoms with E-state index < -0.39 is 63.6 Å². The molecule has 2 aromatic rings. The maximum absolute atomic E-state index is 13.1. The molecular weight excluding hydrogens is 463 g/mol. The van der Waals surface area contributed by atoms with Crippen LogP contribution in [0.4, 0.5) is 13.2 Å². The summed E-state index contributed by atoms with van der Waals surface area (Å²) in [5.74, 6) is 0.228. The van der Waals surface area contributed by atoms with Gasteiger partial charge in [0.05, 0.1) is 41.7 Å². The van der Waals surface area contributed by atoms with E-state index in [1.54, 1.807) is 12.1 Å². The molecule has 3 rings (SSSR count). The van der Waals surface area contributed by atoms with E-state index in [1.165, 1.54) is 18.2 Å². The van der Waals surface area contributed by atoms with Crippen molar-refractivity contribution in [2.24, 2.45) is 0 Å². The Balaban J connectivity index is 1.92. The molecular formula is C21H18F3N3O5S. The smallest absolute Gasteiger partial charge is 0.416 e. The minimum Gasteiger partial charge on any atom is -0.486 e.